The maximum absolute atomic E-state index is 5.74. The summed E-state index contributed by atoms with van der Waals surface area (Å²) in [5, 5.41) is 0. The predicted molar refractivity (Wildman–Crippen MR) is 141 cm³/mol. The molecule has 0 spiro atoms. The number of aromatic nitrogens is 2. The molecule has 0 fully saturated rings. The van der Waals surface area contributed by atoms with E-state index in [1.165, 1.54) is 16.7 Å². The number of fused-ring (bicyclic) bond motifs is 1. The third-order valence-electron chi connectivity index (χ3n) is 6.71. The third-order valence-corrected chi connectivity index (χ3v) is 7.10. The van der Waals surface area contributed by atoms with E-state index in [0.29, 0.717) is 6.67 Å². The number of nitrogens with zero attached hydrogens (tertiary/aromatic N) is 3. The summed E-state index contributed by atoms with van der Waals surface area (Å²) in [7, 11) is 0. The van der Waals surface area contributed by atoms with Gasteiger partial charge in [-0.2, -0.15) is 0 Å². The lowest BCUT2D eigenvalue weighted by Crippen LogP contribution is -2.50. The van der Waals surface area contributed by atoms with Gasteiger partial charge in [0.25, 0.3) is 0 Å². The number of unbranched alkanes of at least 4 members (excludes halogenated alkanes) is 1. The second-order valence-corrected chi connectivity index (χ2v) is 9.42. The zero-order valence-corrected chi connectivity index (χ0v) is 20.9. The molecule has 0 aliphatic carbocycles. The Bertz CT molecular complexity index is 1250. The van der Waals surface area contributed by atoms with Crippen LogP contribution in [0.3, 0.4) is 0 Å². The average Bonchev–Trinajstić information content (AvgIpc) is 3.58. The van der Waals surface area contributed by atoms with Crippen molar-refractivity contribution in [1.82, 2.24) is 14.5 Å². The molecular weight excluding hydrogens is 454 g/mol. The lowest BCUT2D eigenvalue weighted by atomic mass is 9.76. The van der Waals surface area contributed by atoms with Crippen LogP contribution >= 0.6 is 12.6 Å². The van der Waals surface area contributed by atoms with Crippen molar-refractivity contribution in [2.45, 2.75) is 43.3 Å². The Hall–Kier alpha value is -3.22. The maximum atomic E-state index is 5.74. The van der Waals surface area contributed by atoms with Gasteiger partial charge >= 0.3 is 0 Å². The second-order valence-electron chi connectivity index (χ2n) is 8.94. The molecule has 5 rings (SSSR count). The quantitative estimate of drug-likeness (QED) is 0.274. The van der Waals surface area contributed by atoms with Crippen LogP contribution in [0.15, 0.2) is 96.4 Å². The van der Waals surface area contributed by atoms with Crippen molar-refractivity contribution in [3.8, 4) is 11.5 Å². The molecule has 180 valence electrons. The van der Waals surface area contributed by atoms with E-state index in [0.717, 1.165) is 42.2 Å². The van der Waals surface area contributed by atoms with Crippen molar-refractivity contribution in [3.05, 3.63) is 108 Å². The standard InChI is InChI=1S/C29H31N3O2S/c1-2-3-16-32(21-31-17-15-30-20-31)29(24-9-5-4-6-10-24,25-11-7-8-12-28(25)35)19-23-13-14-26-27(18-23)34-22-33-26/h4-15,17-18,20,35H,2-3,16,19,21-22H2,1H3. The van der Waals surface area contributed by atoms with Gasteiger partial charge in [0.05, 0.1) is 18.5 Å². The number of rotatable bonds is 10. The summed E-state index contributed by atoms with van der Waals surface area (Å²) in [4.78, 5) is 7.87. The molecule has 1 aliphatic heterocycles. The molecule has 1 aliphatic rings. The molecule has 1 atom stereocenters. The number of hydrogen-bond donors (Lipinski definition) is 1. The van der Waals surface area contributed by atoms with Gasteiger partial charge in [-0.15, -0.1) is 12.6 Å². The van der Waals surface area contributed by atoms with Crippen molar-refractivity contribution >= 4 is 12.6 Å². The van der Waals surface area contributed by atoms with Gasteiger partial charge in [-0.25, -0.2) is 4.98 Å². The molecule has 3 aromatic carbocycles. The first kappa shape index (κ1) is 23.5. The van der Waals surface area contributed by atoms with E-state index in [2.05, 4.69) is 88.1 Å². The Morgan fingerprint density at radius 3 is 2.57 bits per heavy atom. The highest BCUT2D eigenvalue weighted by Crippen LogP contribution is 2.44. The van der Waals surface area contributed by atoms with Crippen LogP contribution in [0.1, 0.15) is 36.5 Å². The van der Waals surface area contributed by atoms with Crippen LogP contribution in [0.25, 0.3) is 0 Å². The van der Waals surface area contributed by atoms with E-state index in [-0.39, 0.29) is 6.79 Å². The summed E-state index contributed by atoms with van der Waals surface area (Å²) in [5.41, 5.74) is 3.13. The first-order valence-electron chi connectivity index (χ1n) is 12.1. The molecule has 0 radical (unpaired) electrons. The highest BCUT2D eigenvalue weighted by Gasteiger charge is 2.41. The van der Waals surface area contributed by atoms with Crippen LogP contribution in [0.2, 0.25) is 0 Å². The average molecular weight is 486 g/mol. The van der Waals surface area contributed by atoms with Crippen molar-refractivity contribution in [2.75, 3.05) is 13.3 Å². The summed E-state index contributed by atoms with van der Waals surface area (Å²) >= 11 is 4.98. The number of hydrogen-bond acceptors (Lipinski definition) is 5. The van der Waals surface area contributed by atoms with E-state index < -0.39 is 5.54 Å². The molecule has 35 heavy (non-hydrogen) atoms. The van der Waals surface area contributed by atoms with Crippen LogP contribution in [0, 0.1) is 0 Å². The summed E-state index contributed by atoms with van der Waals surface area (Å²) in [6.45, 7) is 4.15. The van der Waals surface area contributed by atoms with Crippen LogP contribution in [-0.2, 0) is 18.6 Å². The van der Waals surface area contributed by atoms with Gasteiger partial charge in [0, 0.05) is 23.8 Å². The lowest BCUT2D eigenvalue weighted by molar-refractivity contribution is 0.0794. The van der Waals surface area contributed by atoms with Crippen LogP contribution in [-0.4, -0.2) is 27.8 Å². The highest BCUT2D eigenvalue weighted by atomic mass is 32.1. The molecule has 5 nitrogen and oxygen atoms in total. The zero-order chi connectivity index (χ0) is 24.1. The monoisotopic (exact) mass is 485 g/mol. The maximum Gasteiger partial charge on any atom is 0.231 e. The molecular formula is C29H31N3O2S. The van der Waals surface area contributed by atoms with Gasteiger partial charge in [0.15, 0.2) is 11.5 Å². The third kappa shape index (κ3) is 4.81. The minimum Gasteiger partial charge on any atom is -0.454 e. The zero-order valence-electron chi connectivity index (χ0n) is 20.0. The van der Waals surface area contributed by atoms with Gasteiger partial charge < -0.3 is 14.0 Å². The first-order valence-corrected chi connectivity index (χ1v) is 12.6. The minimum absolute atomic E-state index is 0.269. The Labute approximate surface area is 212 Å². The van der Waals surface area contributed by atoms with Crippen molar-refractivity contribution in [3.63, 3.8) is 0 Å². The summed E-state index contributed by atoms with van der Waals surface area (Å²) in [6, 6.07) is 25.6. The summed E-state index contributed by atoms with van der Waals surface area (Å²) in [5.74, 6) is 1.60. The van der Waals surface area contributed by atoms with Crippen molar-refractivity contribution in [2.24, 2.45) is 0 Å². The van der Waals surface area contributed by atoms with Gasteiger partial charge in [0.1, 0.15) is 0 Å². The summed E-state index contributed by atoms with van der Waals surface area (Å²) in [6.07, 6.45) is 8.71. The Morgan fingerprint density at radius 1 is 1.00 bits per heavy atom. The fourth-order valence-electron chi connectivity index (χ4n) is 5.00. The fourth-order valence-corrected chi connectivity index (χ4v) is 5.35. The molecule has 0 saturated heterocycles. The van der Waals surface area contributed by atoms with E-state index in [1.807, 2.05) is 24.8 Å². The van der Waals surface area contributed by atoms with Crippen molar-refractivity contribution < 1.29 is 9.47 Å². The number of thiol groups is 1. The molecule has 0 bridgehead atoms. The smallest absolute Gasteiger partial charge is 0.231 e. The molecule has 4 aromatic rings. The molecule has 1 aromatic heterocycles. The fraction of sp³-hybridized carbons (Fsp3) is 0.276. The topological polar surface area (TPSA) is 39.5 Å². The lowest BCUT2D eigenvalue weighted by Gasteiger charge is -2.46. The van der Waals surface area contributed by atoms with Crippen molar-refractivity contribution in [1.29, 1.82) is 0 Å². The molecule has 6 heteroatoms. The molecule has 1 unspecified atom stereocenters. The van der Waals surface area contributed by atoms with E-state index in [4.69, 9.17) is 22.1 Å². The molecule has 0 N–H and O–H groups in total. The summed E-state index contributed by atoms with van der Waals surface area (Å²) < 4.78 is 13.5. The van der Waals surface area contributed by atoms with Crippen LogP contribution in [0.5, 0.6) is 11.5 Å². The highest BCUT2D eigenvalue weighted by molar-refractivity contribution is 7.80. The van der Waals surface area contributed by atoms with Gasteiger partial charge in [-0.3, -0.25) is 4.90 Å². The number of ether oxygens (including phenoxy) is 2. The van der Waals surface area contributed by atoms with E-state index >= 15 is 0 Å². The first-order chi connectivity index (χ1) is 17.2. The van der Waals surface area contributed by atoms with E-state index in [1.54, 1.807) is 0 Å². The van der Waals surface area contributed by atoms with E-state index in [9.17, 15) is 0 Å². The van der Waals surface area contributed by atoms with Gasteiger partial charge in [-0.05, 0) is 47.7 Å². The molecule has 0 saturated carbocycles. The predicted octanol–water partition coefficient (Wildman–Crippen LogP) is 6.15. The van der Waals surface area contributed by atoms with Crippen LogP contribution < -0.4 is 9.47 Å². The second kappa shape index (κ2) is 10.6. The van der Waals surface area contributed by atoms with Gasteiger partial charge in [-0.1, -0.05) is 67.9 Å². The SMILES string of the molecule is CCCCN(Cn1ccnc1)C(Cc1ccc2c(c1)OCO2)(c1ccccc1)c1ccccc1S. The normalized spacial score (nSPS) is 14.3. The van der Waals surface area contributed by atoms with Crippen LogP contribution in [0.4, 0.5) is 0 Å². The Kier molecular flexibility index (Phi) is 7.11. The Morgan fingerprint density at radius 2 is 1.80 bits per heavy atom. The number of imidazole rings is 1. The number of benzene rings is 3. The molecule has 0 amide bonds. The minimum atomic E-state index is -0.466. The Balaban J connectivity index is 1.72. The molecule has 2 heterocycles. The largest absolute Gasteiger partial charge is 0.454 e. The van der Waals surface area contributed by atoms with Gasteiger partial charge in [0.2, 0.25) is 6.79 Å².